The molecule has 0 unspecified atom stereocenters. The highest BCUT2D eigenvalue weighted by Gasteiger charge is 2.28. The zero-order valence-electron chi connectivity index (χ0n) is 16.6. The molecule has 156 valence electrons. The molecule has 1 N–H and O–H groups in total. The quantitative estimate of drug-likeness (QED) is 0.584. The standard InChI is InChI=1S/C21H24BrClN2O4/c1-4-18(21(27)24-2)25(12-14-5-8-16(28-3)9-6-14)20(26)13-29-19-10-7-15(23)11-17(19)22/h5-11,18H,4,12-13H2,1-3H3,(H,24,27)/t18-/m1/s1. The summed E-state index contributed by atoms with van der Waals surface area (Å²) >= 11 is 9.31. The summed E-state index contributed by atoms with van der Waals surface area (Å²) in [6, 6.07) is 11.8. The molecule has 29 heavy (non-hydrogen) atoms. The minimum Gasteiger partial charge on any atom is -0.497 e. The van der Waals surface area contributed by atoms with Gasteiger partial charge < -0.3 is 19.7 Å². The van der Waals surface area contributed by atoms with Crippen LogP contribution in [0.3, 0.4) is 0 Å². The van der Waals surface area contributed by atoms with Crippen LogP contribution in [0, 0.1) is 0 Å². The van der Waals surface area contributed by atoms with E-state index in [1.807, 2.05) is 31.2 Å². The lowest BCUT2D eigenvalue weighted by atomic mass is 10.1. The Balaban J connectivity index is 2.19. The summed E-state index contributed by atoms with van der Waals surface area (Å²) in [4.78, 5) is 26.9. The van der Waals surface area contributed by atoms with Gasteiger partial charge in [-0.15, -0.1) is 0 Å². The van der Waals surface area contributed by atoms with E-state index in [4.69, 9.17) is 21.1 Å². The molecule has 0 saturated heterocycles. The predicted octanol–water partition coefficient (Wildman–Crippen LogP) is 4.04. The van der Waals surface area contributed by atoms with E-state index in [-0.39, 0.29) is 25.0 Å². The first-order valence-electron chi connectivity index (χ1n) is 9.11. The summed E-state index contributed by atoms with van der Waals surface area (Å²) < 4.78 is 11.5. The summed E-state index contributed by atoms with van der Waals surface area (Å²) in [5.41, 5.74) is 0.883. The van der Waals surface area contributed by atoms with Gasteiger partial charge in [0.15, 0.2) is 6.61 Å². The van der Waals surface area contributed by atoms with Crippen molar-refractivity contribution in [3.8, 4) is 11.5 Å². The second-order valence-corrected chi connectivity index (χ2v) is 7.56. The number of likely N-dealkylation sites (N-methyl/N-ethyl adjacent to an activating group) is 1. The highest BCUT2D eigenvalue weighted by Crippen LogP contribution is 2.28. The fourth-order valence-corrected chi connectivity index (χ4v) is 3.63. The Morgan fingerprint density at radius 2 is 1.90 bits per heavy atom. The molecular weight excluding hydrogens is 460 g/mol. The fourth-order valence-electron chi connectivity index (χ4n) is 2.83. The van der Waals surface area contributed by atoms with Crippen molar-refractivity contribution in [3.63, 3.8) is 0 Å². The molecule has 0 heterocycles. The Morgan fingerprint density at radius 1 is 1.21 bits per heavy atom. The number of rotatable bonds is 9. The van der Waals surface area contributed by atoms with Crippen molar-refractivity contribution < 1.29 is 19.1 Å². The van der Waals surface area contributed by atoms with Crippen LogP contribution in [-0.4, -0.2) is 43.5 Å². The van der Waals surface area contributed by atoms with E-state index >= 15 is 0 Å². The topological polar surface area (TPSA) is 67.9 Å². The smallest absolute Gasteiger partial charge is 0.261 e. The molecule has 6 nitrogen and oxygen atoms in total. The molecule has 0 aliphatic carbocycles. The van der Waals surface area contributed by atoms with E-state index in [0.717, 1.165) is 11.3 Å². The Hall–Kier alpha value is -2.25. The van der Waals surface area contributed by atoms with Crippen LogP contribution < -0.4 is 14.8 Å². The van der Waals surface area contributed by atoms with E-state index in [0.29, 0.717) is 21.7 Å². The molecule has 2 amide bonds. The number of nitrogens with zero attached hydrogens (tertiary/aromatic N) is 1. The Bertz CT molecular complexity index is 845. The van der Waals surface area contributed by atoms with Gasteiger partial charge in [0.25, 0.3) is 5.91 Å². The number of hydrogen-bond acceptors (Lipinski definition) is 4. The number of benzene rings is 2. The van der Waals surface area contributed by atoms with Crippen molar-refractivity contribution in [3.05, 3.63) is 57.5 Å². The number of hydrogen-bond donors (Lipinski definition) is 1. The van der Waals surface area contributed by atoms with Gasteiger partial charge in [-0.05, 0) is 58.2 Å². The molecule has 0 aliphatic heterocycles. The van der Waals surface area contributed by atoms with Gasteiger partial charge in [0.2, 0.25) is 5.91 Å². The highest BCUT2D eigenvalue weighted by atomic mass is 79.9. The first-order valence-corrected chi connectivity index (χ1v) is 10.3. The summed E-state index contributed by atoms with van der Waals surface area (Å²) in [6.45, 7) is 1.94. The predicted molar refractivity (Wildman–Crippen MR) is 116 cm³/mol. The van der Waals surface area contributed by atoms with E-state index in [1.165, 1.54) is 4.90 Å². The van der Waals surface area contributed by atoms with Gasteiger partial charge in [-0.25, -0.2) is 0 Å². The maximum Gasteiger partial charge on any atom is 0.261 e. The van der Waals surface area contributed by atoms with E-state index in [2.05, 4.69) is 21.2 Å². The van der Waals surface area contributed by atoms with Gasteiger partial charge >= 0.3 is 0 Å². The molecular formula is C21H24BrClN2O4. The van der Waals surface area contributed by atoms with Crippen LogP contribution in [-0.2, 0) is 16.1 Å². The average Bonchev–Trinajstić information content (AvgIpc) is 2.73. The lowest BCUT2D eigenvalue weighted by Gasteiger charge is -2.30. The minimum atomic E-state index is -0.605. The molecule has 0 aromatic heterocycles. The van der Waals surface area contributed by atoms with Gasteiger partial charge in [-0.2, -0.15) is 0 Å². The molecule has 0 saturated carbocycles. The normalized spacial score (nSPS) is 11.5. The molecule has 2 rings (SSSR count). The van der Waals surface area contributed by atoms with Crippen LogP contribution >= 0.6 is 27.5 Å². The maximum atomic E-state index is 13.0. The number of ether oxygens (including phenoxy) is 2. The summed E-state index contributed by atoms with van der Waals surface area (Å²) in [5.74, 6) is 0.709. The molecule has 0 radical (unpaired) electrons. The minimum absolute atomic E-state index is 0.204. The zero-order valence-corrected chi connectivity index (χ0v) is 18.9. The van der Waals surface area contributed by atoms with Crippen LogP contribution in [0.4, 0.5) is 0 Å². The van der Waals surface area contributed by atoms with Gasteiger partial charge in [-0.1, -0.05) is 30.7 Å². The Kier molecular flexibility index (Phi) is 8.79. The monoisotopic (exact) mass is 482 g/mol. The molecule has 0 spiro atoms. The second kappa shape index (κ2) is 11.1. The number of amides is 2. The van der Waals surface area contributed by atoms with E-state index in [1.54, 1.807) is 32.4 Å². The molecule has 2 aromatic carbocycles. The van der Waals surface area contributed by atoms with Crippen molar-refractivity contribution in [2.75, 3.05) is 20.8 Å². The van der Waals surface area contributed by atoms with Gasteiger partial charge in [0.05, 0.1) is 11.6 Å². The number of methoxy groups -OCH3 is 1. The zero-order chi connectivity index (χ0) is 21.4. The SMILES string of the molecule is CC[C@H](C(=O)NC)N(Cc1ccc(OC)cc1)C(=O)COc1ccc(Cl)cc1Br. The third kappa shape index (κ3) is 6.37. The van der Waals surface area contributed by atoms with Crippen molar-refractivity contribution in [2.24, 2.45) is 0 Å². The largest absolute Gasteiger partial charge is 0.497 e. The molecule has 0 aliphatic rings. The number of carbonyl (C=O) groups excluding carboxylic acids is 2. The Labute approximate surface area is 184 Å². The van der Waals surface area contributed by atoms with Crippen LogP contribution in [0.1, 0.15) is 18.9 Å². The summed E-state index contributed by atoms with van der Waals surface area (Å²) in [7, 11) is 3.15. The lowest BCUT2D eigenvalue weighted by molar-refractivity contribution is -0.142. The van der Waals surface area contributed by atoms with Crippen molar-refractivity contribution >= 4 is 39.3 Å². The third-order valence-corrected chi connectivity index (χ3v) is 5.24. The molecule has 2 aromatic rings. The van der Waals surface area contributed by atoms with Crippen LogP contribution in [0.25, 0.3) is 0 Å². The average molecular weight is 484 g/mol. The summed E-state index contributed by atoms with van der Waals surface area (Å²) in [5, 5.41) is 3.19. The van der Waals surface area contributed by atoms with E-state index in [9.17, 15) is 9.59 Å². The summed E-state index contributed by atoms with van der Waals surface area (Å²) in [6.07, 6.45) is 0.478. The van der Waals surface area contributed by atoms with Crippen LogP contribution in [0.15, 0.2) is 46.9 Å². The Morgan fingerprint density at radius 3 is 2.45 bits per heavy atom. The van der Waals surface area contributed by atoms with Crippen LogP contribution in [0.2, 0.25) is 5.02 Å². The molecule has 8 heteroatoms. The van der Waals surface area contributed by atoms with Gasteiger partial charge in [-0.3, -0.25) is 9.59 Å². The van der Waals surface area contributed by atoms with Crippen molar-refractivity contribution in [2.45, 2.75) is 25.9 Å². The molecule has 0 bridgehead atoms. The number of halogens is 2. The highest BCUT2D eigenvalue weighted by molar-refractivity contribution is 9.10. The van der Waals surface area contributed by atoms with Crippen molar-refractivity contribution in [1.29, 1.82) is 0 Å². The fraction of sp³-hybridized carbons (Fsp3) is 0.333. The third-order valence-electron chi connectivity index (χ3n) is 4.39. The number of carbonyl (C=O) groups is 2. The molecule has 0 fully saturated rings. The first-order chi connectivity index (χ1) is 13.9. The van der Waals surface area contributed by atoms with Gasteiger partial charge in [0, 0.05) is 18.6 Å². The first kappa shape index (κ1) is 23.0. The number of nitrogens with one attached hydrogen (secondary N) is 1. The van der Waals surface area contributed by atoms with Crippen LogP contribution in [0.5, 0.6) is 11.5 Å². The van der Waals surface area contributed by atoms with Crippen molar-refractivity contribution in [1.82, 2.24) is 10.2 Å². The van der Waals surface area contributed by atoms with Gasteiger partial charge in [0.1, 0.15) is 17.5 Å². The second-order valence-electron chi connectivity index (χ2n) is 6.27. The van der Waals surface area contributed by atoms with E-state index < -0.39 is 6.04 Å². The maximum absolute atomic E-state index is 13.0. The molecule has 1 atom stereocenters. The lowest BCUT2D eigenvalue weighted by Crippen LogP contribution is -2.49.